The van der Waals surface area contributed by atoms with Crippen LogP contribution < -0.4 is 5.46 Å². The Hall–Kier alpha value is -1.05. The lowest BCUT2D eigenvalue weighted by molar-refractivity contribution is -0.147. The van der Waals surface area contributed by atoms with Crippen molar-refractivity contribution in [2.45, 2.75) is 58.2 Å². The Bertz CT molecular complexity index is 638. The molecule has 3 rings (SSSR count). The first-order chi connectivity index (χ1) is 12.5. The topological polar surface area (TPSA) is 21.7 Å². The zero-order valence-electron chi connectivity index (χ0n) is 16.6. The molecule has 0 saturated carbocycles. The van der Waals surface area contributed by atoms with E-state index in [0.717, 1.165) is 18.3 Å². The molecule has 2 fully saturated rings. The van der Waals surface area contributed by atoms with Gasteiger partial charge >= 0.3 is 13.3 Å². The van der Waals surface area contributed by atoms with Crippen LogP contribution in [-0.4, -0.2) is 50.0 Å². The van der Waals surface area contributed by atoms with E-state index in [9.17, 15) is 13.2 Å². The molecule has 7 heteroatoms. The SMILES string of the molecule is CC1(C)COB(c2ccc(C3CCN(CC(F)(F)F)CC3)cc2)OC1(C)C. The van der Waals surface area contributed by atoms with Crippen LogP contribution >= 0.6 is 0 Å². The highest BCUT2D eigenvalue weighted by molar-refractivity contribution is 6.61. The van der Waals surface area contributed by atoms with Crippen molar-refractivity contribution in [1.29, 1.82) is 0 Å². The molecule has 0 amide bonds. The van der Waals surface area contributed by atoms with Crippen molar-refractivity contribution in [1.82, 2.24) is 4.90 Å². The molecule has 0 atom stereocenters. The molecule has 2 heterocycles. The van der Waals surface area contributed by atoms with Gasteiger partial charge in [-0.25, -0.2) is 0 Å². The van der Waals surface area contributed by atoms with E-state index in [0.29, 0.717) is 25.6 Å². The molecular weight excluding hydrogens is 354 g/mol. The van der Waals surface area contributed by atoms with E-state index >= 15 is 0 Å². The first kappa shape index (κ1) is 20.7. The highest BCUT2D eigenvalue weighted by Crippen LogP contribution is 2.38. The van der Waals surface area contributed by atoms with E-state index in [-0.39, 0.29) is 18.1 Å². The molecule has 0 aromatic heterocycles. The molecule has 0 unspecified atom stereocenters. The van der Waals surface area contributed by atoms with Gasteiger partial charge in [0.25, 0.3) is 0 Å². The minimum absolute atomic E-state index is 0.0617. The van der Waals surface area contributed by atoms with E-state index in [1.165, 1.54) is 10.5 Å². The van der Waals surface area contributed by atoms with Crippen molar-refractivity contribution in [3.05, 3.63) is 29.8 Å². The number of nitrogens with zero attached hydrogens (tertiary/aromatic N) is 1. The van der Waals surface area contributed by atoms with Crippen molar-refractivity contribution < 1.29 is 22.5 Å². The smallest absolute Gasteiger partial charge is 0.407 e. The summed E-state index contributed by atoms with van der Waals surface area (Å²) in [6.07, 6.45) is -2.60. The van der Waals surface area contributed by atoms with Crippen molar-refractivity contribution >= 4 is 12.6 Å². The van der Waals surface area contributed by atoms with E-state index in [1.54, 1.807) is 0 Å². The average Bonchev–Trinajstić information content (AvgIpc) is 2.57. The lowest BCUT2D eigenvalue weighted by Crippen LogP contribution is -2.58. The quantitative estimate of drug-likeness (QED) is 0.738. The van der Waals surface area contributed by atoms with Crippen LogP contribution in [0.4, 0.5) is 13.2 Å². The van der Waals surface area contributed by atoms with Gasteiger partial charge in [-0.2, -0.15) is 13.2 Å². The van der Waals surface area contributed by atoms with Crippen LogP contribution in [0.25, 0.3) is 0 Å². The number of hydrogen-bond donors (Lipinski definition) is 0. The lowest BCUT2D eigenvalue weighted by atomic mass is 9.69. The molecule has 0 spiro atoms. The second-order valence-electron chi connectivity index (χ2n) is 8.99. The van der Waals surface area contributed by atoms with Gasteiger partial charge in [0.05, 0.1) is 12.1 Å². The van der Waals surface area contributed by atoms with Crippen LogP contribution in [0, 0.1) is 5.41 Å². The Morgan fingerprint density at radius 2 is 1.67 bits per heavy atom. The fraction of sp³-hybridized carbons (Fsp3) is 0.700. The fourth-order valence-electron chi connectivity index (χ4n) is 3.69. The number of rotatable bonds is 3. The minimum Gasteiger partial charge on any atom is -0.407 e. The van der Waals surface area contributed by atoms with E-state index in [4.69, 9.17) is 9.31 Å². The summed E-state index contributed by atoms with van der Waals surface area (Å²) < 4.78 is 49.7. The fourth-order valence-corrected chi connectivity index (χ4v) is 3.69. The van der Waals surface area contributed by atoms with Crippen LogP contribution in [0.2, 0.25) is 0 Å². The van der Waals surface area contributed by atoms with E-state index in [1.807, 2.05) is 12.1 Å². The molecule has 1 aromatic rings. The van der Waals surface area contributed by atoms with Gasteiger partial charge in [-0.05, 0) is 56.7 Å². The van der Waals surface area contributed by atoms with Crippen LogP contribution in [0.5, 0.6) is 0 Å². The summed E-state index contributed by atoms with van der Waals surface area (Å²) in [6, 6.07) is 8.19. The predicted octanol–water partition coefficient (Wildman–Crippen LogP) is 3.98. The van der Waals surface area contributed by atoms with Crippen molar-refractivity contribution in [3.63, 3.8) is 0 Å². The molecule has 2 aliphatic heterocycles. The Morgan fingerprint density at radius 3 is 2.19 bits per heavy atom. The second kappa shape index (κ2) is 7.41. The minimum atomic E-state index is -4.11. The summed E-state index contributed by atoms with van der Waals surface area (Å²) >= 11 is 0. The van der Waals surface area contributed by atoms with Gasteiger partial charge in [0.2, 0.25) is 0 Å². The summed E-state index contributed by atoms with van der Waals surface area (Å²) in [4.78, 5) is 1.50. The summed E-state index contributed by atoms with van der Waals surface area (Å²) in [7, 11) is -0.379. The normalized spacial score (nSPS) is 24.2. The molecule has 150 valence electrons. The average molecular weight is 383 g/mol. The van der Waals surface area contributed by atoms with E-state index in [2.05, 4.69) is 39.8 Å². The molecule has 2 saturated heterocycles. The van der Waals surface area contributed by atoms with Gasteiger partial charge in [0.1, 0.15) is 0 Å². The number of piperidine rings is 1. The van der Waals surface area contributed by atoms with Crippen LogP contribution in [0.15, 0.2) is 24.3 Å². The van der Waals surface area contributed by atoms with Gasteiger partial charge < -0.3 is 9.31 Å². The largest absolute Gasteiger partial charge is 0.494 e. The summed E-state index contributed by atoms with van der Waals surface area (Å²) in [5.41, 5.74) is 1.81. The van der Waals surface area contributed by atoms with Gasteiger partial charge in [0, 0.05) is 12.0 Å². The van der Waals surface area contributed by atoms with Crippen molar-refractivity contribution in [3.8, 4) is 0 Å². The van der Waals surface area contributed by atoms with Crippen LogP contribution in [0.3, 0.4) is 0 Å². The number of likely N-dealkylation sites (tertiary alicyclic amines) is 1. The maximum Gasteiger partial charge on any atom is 0.494 e. The van der Waals surface area contributed by atoms with Gasteiger partial charge in [0.15, 0.2) is 0 Å². The van der Waals surface area contributed by atoms with Crippen molar-refractivity contribution in [2.24, 2.45) is 5.41 Å². The van der Waals surface area contributed by atoms with Crippen LogP contribution in [-0.2, 0) is 9.31 Å². The maximum absolute atomic E-state index is 12.5. The third-order valence-corrected chi connectivity index (χ3v) is 6.30. The predicted molar refractivity (Wildman–Crippen MR) is 101 cm³/mol. The molecule has 3 nitrogen and oxygen atoms in total. The zero-order chi connectivity index (χ0) is 19.9. The second-order valence-corrected chi connectivity index (χ2v) is 8.99. The third-order valence-electron chi connectivity index (χ3n) is 6.30. The standard InChI is InChI=1S/C20H29BF3NO2/c1-18(2)14-26-21(27-19(18,3)4)17-7-5-15(6-8-17)16-9-11-25(12-10-16)13-20(22,23)24/h5-8,16H,9-14H2,1-4H3. The molecule has 0 N–H and O–H groups in total. The van der Waals surface area contributed by atoms with E-state index < -0.39 is 12.7 Å². The number of halogens is 3. The monoisotopic (exact) mass is 383 g/mol. The van der Waals surface area contributed by atoms with Crippen LogP contribution in [0.1, 0.15) is 52.0 Å². The highest BCUT2D eigenvalue weighted by atomic mass is 19.4. The molecule has 0 radical (unpaired) electrons. The number of hydrogen-bond acceptors (Lipinski definition) is 3. The first-order valence-electron chi connectivity index (χ1n) is 9.65. The summed E-state index contributed by atoms with van der Waals surface area (Å²) in [5, 5.41) is 0. The Morgan fingerprint density at radius 1 is 1.07 bits per heavy atom. The molecular formula is C20H29BF3NO2. The lowest BCUT2D eigenvalue weighted by Gasteiger charge is -2.47. The molecule has 2 aliphatic rings. The van der Waals surface area contributed by atoms with Gasteiger partial charge in [-0.15, -0.1) is 0 Å². The van der Waals surface area contributed by atoms with Crippen molar-refractivity contribution in [2.75, 3.05) is 26.2 Å². The third kappa shape index (κ3) is 4.87. The maximum atomic E-state index is 12.5. The molecule has 0 aliphatic carbocycles. The summed E-state index contributed by atoms with van der Waals surface area (Å²) in [6.45, 7) is 9.26. The Balaban J connectivity index is 1.59. The zero-order valence-corrected chi connectivity index (χ0v) is 16.6. The molecule has 0 bridgehead atoms. The summed E-state index contributed by atoms with van der Waals surface area (Å²) in [5.74, 6) is 0.312. The molecule has 27 heavy (non-hydrogen) atoms. The van der Waals surface area contributed by atoms with Gasteiger partial charge in [-0.3, -0.25) is 4.90 Å². The Kier molecular flexibility index (Phi) is 5.68. The first-order valence-corrected chi connectivity index (χ1v) is 9.65. The number of benzene rings is 1. The van der Waals surface area contributed by atoms with Gasteiger partial charge in [-0.1, -0.05) is 38.1 Å². The number of alkyl halides is 3. The molecule has 1 aromatic carbocycles. The highest BCUT2D eigenvalue weighted by Gasteiger charge is 2.46. The Labute approximate surface area is 160 Å².